The molecule has 7 nitrogen and oxygen atoms in total. The van der Waals surface area contributed by atoms with E-state index in [2.05, 4.69) is 39.6 Å². The number of thioether (sulfide) groups is 1. The summed E-state index contributed by atoms with van der Waals surface area (Å²) in [4.78, 5) is 40.7. The number of nitrogens with one attached hydrogen (secondary N) is 3. The Balaban J connectivity index is 1.17. The second-order valence-electron chi connectivity index (χ2n) is 11.2. The van der Waals surface area contributed by atoms with Crippen LogP contribution in [0.2, 0.25) is 10.0 Å². The van der Waals surface area contributed by atoms with Crippen molar-refractivity contribution in [3.63, 3.8) is 0 Å². The maximum Gasteiger partial charge on any atom is 0.272 e. The maximum absolute atomic E-state index is 13.6. The third-order valence-corrected chi connectivity index (χ3v) is 9.70. The molecule has 1 aromatic heterocycles. The Kier molecular flexibility index (Phi) is 10.4. The van der Waals surface area contributed by atoms with Crippen LogP contribution in [0, 0.1) is 0 Å². The molecule has 0 aliphatic carbocycles. The van der Waals surface area contributed by atoms with Gasteiger partial charge in [-0.15, -0.1) is 11.8 Å². The summed E-state index contributed by atoms with van der Waals surface area (Å²) < 4.78 is 2.27. The summed E-state index contributed by atoms with van der Waals surface area (Å²) in [5.74, 6) is -1.19. The molecule has 1 heterocycles. The first-order chi connectivity index (χ1) is 23.7. The first-order valence-electron chi connectivity index (χ1n) is 15.6. The van der Waals surface area contributed by atoms with Crippen LogP contribution >= 0.6 is 35.0 Å². The lowest BCUT2D eigenvalue weighted by molar-refractivity contribution is -0.115. The Morgan fingerprint density at radius 3 is 2.18 bits per heavy atom. The van der Waals surface area contributed by atoms with Crippen LogP contribution in [0.1, 0.15) is 29.8 Å². The minimum atomic E-state index is -0.576. The fraction of sp³-hybridized carbons (Fsp3) is 0.103. The van der Waals surface area contributed by atoms with Crippen LogP contribution < -0.4 is 16.0 Å². The predicted molar refractivity (Wildman–Crippen MR) is 202 cm³/mol. The second kappa shape index (κ2) is 15.0. The smallest absolute Gasteiger partial charge is 0.272 e. The highest BCUT2D eigenvalue weighted by molar-refractivity contribution is 8.00. The number of hydrogen-bond acceptors (Lipinski definition) is 4. The van der Waals surface area contributed by atoms with Crippen molar-refractivity contribution in [3.8, 4) is 0 Å². The summed E-state index contributed by atoms with van der Waals surface area (Å²) in [5, 5.41) is 11.1. The lowest BCUT2D eigenvalue weighted by atomic mass is 10.1. The number of fused-ring (bicyclic) bond motifs is 3. The molecule has 3 amide bonds. The Morgan fingerprint density at radius 2 is 1.43 bits per heavy atom. The van der Waals surface area contributed by atoms with Gasteiger partial charge >= 0.3 is 0 Å². The molecule has 0 saturated carbocycles. The monoisotopic (exact) mass is 706 g/mol. The van der Waals surface area contributed by atoms with Crippen molar-refractivity contribution < 1.29 is 14.4 Å². The van der Waals surface area contributed by atoms with Gasteiger partial charge < -0.3 is 20.5 Å². The molecule has 5 aromatic carbocycles. The molecule has 6 aromatic rings. The quantitative estimate of drug-likeness (QED) is 0.0977. The number of aryl methyl sites for hydroxylation is 1. The average molecular weight is 708 g/mol. The largest absolute Gasteiger partial charge is 0.341 e. The number of hydrogen-bond donors (Lipinski definition) is 3. The highest BCUT2D eigenvalue weighted by Gasteiger charge is 2.19. The number of aromatic nitrogens is 1. The zero-order valence-electron chi connectivity index (χ0n) is 26.7. The van der Waals surface area contributed by atoms with Gasteiger partial charge in [0.25, 0.3) is 11.8 Å². The van der Waals surface area contributed by atoms with Crippen LogP contribution in [0.5, 0.6) is 0 Å². The third kappa shape index (κ3) is 7.67. The summed E-state index contributed by atoms with van der Waals surface area (Å²) in [7, 11) is 0. The number of carbonyl (C=O) groups excluding carboxylic acids is 3. The van der Waals surface area contributed by atoms with E-state index in [0.29, 0.717) is 26.9 Å². The molecule has 6 rings (SSSR count). The van der Waals surface area contributed by atoms with Crippen molar-refractivity contribution in [2.45, 2.75) is 30.5 Å². The normalized spacial score (nSPS) is 12.1. The number of para-hydroxylation sites is 1. The summed E-state index contributed by atoms with van der Waals surface area (Å²) in [5.41, 5.74) is 4.21. The van der Waals surface area contributed by atoms with Crippen LogP contribution in [-0.4, -0.2) is 27.5 Å². The number of benzene rings is 5. The van der Waals surface area contributed by atoms with Gasteiger partial charge in [0, 0.05) is 65.8 Å². The number of amides is 3. The number of anilines is 2. The van der Waals surface area contributed by atoms with Crippen molar-refractivity contribution in [1.82, 2.24) is 9.88 Å². The summed E-state index contributed by atoms with van der Waals surface area (Å²) >= 11 is 14.1. The Hall–Kier alpha value is -5.02. The molecule has 0 aliphatic rings. The first-order valence-corrected chi connectivity index (χ1v) is 17.3. The molecule has 246 valence electrons. The fourth-order valence-corrected chi connectivity index (χ4v) is 6.99. The molecule has 10 heteroatoms. The molecule has 0 fully saturated rings. The van der Waals surface area contributed by atoms with Crippen molar-refractivity contribution in [1.29, 1.82) is 0 Å². The SMILES string of the molecule is CCn1c2ccccc2c2cc(NC(=O)C(C)Sc3cccc(NC(=O)/C(=C\c4c(Cl)cccc4Cl)NC(=O)c4ccccc4)c3)ccc21. The zero-order chi connectivity index (χ0) is 34.5. The van der Waals surface area contributed by atoms with Crippen molar-refractivity contribution >= 4 is 91.9 Å². The molecule has 1 unspecified atom stereocenters. The third-order valence-electron chi connectivity index (χ3n) is 7.95. The van der Waals surface area contributed by atoms with Crippen molar-refractivity contribution in [2.24, 2.45) is 0 Å². The molecular weight excluding hydrogens is 675 g/mol. The van der Waals surface area contributed by atoms with E-state index < -0.39 is 17.1 Å². The topological polar surface area (TPSA) is 92.2 Å². The van der Waals surface area contributed by atoms with E-state index in [1.54, 1.807) is 66.7 Å². The summed E-state index contributed by atoms with van der Waals surface area (Å²) in [6, 6.07) is 35.0. The number of nitrogens with zero attached hydrogens (tertiary/aromatic N) is 1. The number of rotatable bonds is 10. The van der Waals surface area contributed by atoms with Gasteiger partial charge in [-0.25, -0.2) is 0 Å². The Bertz CT molecular complexity index is 2210. The molecule has 0 radical (unpaired) electrons. The van der Waals surface area contributed by atoms with Crippen molar-refractivity contribution in [3.05, 3.63) is 142 Å². The molecule has 49 heavy (non-hydrogen) atoms. The number of halogens is 2. The van der Waals surface area contributed by atoms with E-state index >= 15 is 0 Å². The van der Waals surface area contributed by atoms with E-state index in [-0.39, 0.29) is 11.6 Å². The van der Waals surface area contributed by atoms with Crippen LogP contribution in [0.4, 0.5) is 11.4 Å². The van der Waals surface area contributed by atoms with E-state index in [9.17, 15) is 14.4 Å². The Morgan fingerprint density at radius 1 is 0.755 bits per heavy atom. The van der Waals surface area contributed by atoms with Gasteiger partial charge in [-0.2, -0.15) is 0 Å². The lowest BCUT2D eigenvalue weighted by Crippen LogP contribution is -2.30. The fourth-order valence-electron chi connectivity index (χ4n) is 5.55. The van der Waals surface area contributed by atoms with Crippen LogP contribution in [-0.2, 0) is 16.1 Å². The van der Waals surface area contributed by atoms with Crippen LogP contribution in [0.25, 0.3) is 27.9 Å². The van der Waals surface area contributed by atoms with Crippen LogP contribution in [0.3, 0.4) is 0 Å². The highest BCUT2D eigenvalue weighted by Crippen LogP contribution is 2.32. The van der Waals surface area contributed by atoms with E-state index in [4.69, 9.17) is 23.2 Å². The van der Waals surface area contributed by atoms with Gasteiger partial charge in [-0.1, -0.05) is 71.7 Å². The summed E-state index contributed by atoms with van der Waals surface area (Å²) in [6.45, 7) is 4.80. The molecule has 3 N–H and O–H groups in total. The molecule has 0 bridgehead atoms. The maximum atomic E-state index is 13.6. The van der Waals surface area contributed by atoms with Gasteiger partial charge in [0.2, 0.25) is 5.91 Å². The van der Waals surface area contributed by atoms with E-state index in [1.165, 1.54) is 17.8 Å². The first kappa shape index (κ1) is 33.9. The van der Waals surface area contributed by atoms with Gasteiger partial charge in [-0.05, 0) is 86.7 Å². The predicted octanol–water partition coefficient (Wildman–Crippen LogP) is 9.65. The van der Waals surface area contributed by atoms with Crippen molar-refractivity contribution in [2.75, 3.05) is 10.6 Å². The number of carbonyl (C=O) groups is 3. The van der Waals surface area contributed by atoms with Gasteiger partial charge in [-0.3, -0.25) is 14.4 Å². The molecule has 0 spiro atoms. The molecule has 0 saturated heterocycles. The van der Waals surface area contributed by atoms with Gasteiger partial charge in [0.15, 0.2) is 0 Å². The minimum absolute atomic E-state index is 0.0475. The Labute approximate surface area is 298 Å². The highest BCUT2D eigenvalue weighted by atomic mass is 35.5. The zero-order valence-corrected chi connectivity index (χ0v) is 29.0. The standard InChI is InChI=1S/C39H32Cl2N4O3S/c1-3-45-35-18-8-7-15-29(35)30-22-27(19-20-36(30)45)42-37(46)24(2)49-28-14-9-13-26(21-28)43-39(48)34(23-31-32(40)16-10-17-33(31)41)44-38(47)25-11-5-4-6-12-25/h4-24H,3H2,1-2H3,(H,42,46)(H,43,48)(H,44,47)/b34-23+. The lowest BCUT2D eigenvalue weighted by Gasteiger charge is -2.15. The molecular formula is C39H32Cl2N4O3S. The van der Waals surface area contributed by atoms with Gasteiger partial charge in [0.1, 0.15) is 5.70 Å². The molecule has 1 atom stereocenters. The second-order valence-corrected chi connectivity index (χ2v) is 13.5. The van der Waals surface area contributed by atoms with Gasteiger partial charge in [0.05, 0.1) is 5.25 Å². The minimum Gasteiger partial charge on any atom is -0.341 e. The summed E-state index contributed by atoms with van der Waals surface area (Å²) in [6.07, 6.45) is 1.45. The van der Waals surface area contributed by atoms with E-state index in [1.807, 2.05) is 43.3 Å². The molecule has 0 aliphatic heterocycles. The average Bonchev–Trinajstić information content (AvgIpc) is 3.42. The van der Waals surface area contributed by atoms with Crippen LogP contribution in [0.15, 0.2) is 126 Å². The van der Waals surface area contributed by atoms with E-state index in [0.717, 1.165) is 38.9 Å².